The number of likely N-dealkylation sites (tertiary alicyclic amines) is 1. The number of nitrogens with two attached hydrogens (primary N) is 1. The lowest BCUT2D eigenvalue weighted by Crippen LogP contribution is -2.51. The smallest absolute Gasteiger partial charge is 0.248 e. The molecule has 2 fully saturated rings. The van der Waals surface area contributed by atoms with Crippen molar-refractivity contribution in [1.29, 1.82) is 0 Å². The van der Waals surface area contributed by atoms with E-state index in [4.69, 9.17) is 5.73 Å². The third-order valence-corrected chi connectivity index (χ3v) is 6.39. The van der Waals surface area contributed by atoms with E-state index in [-0.39, 0.29) is 11.8 Å². The first kappa shape index (κ1) is 15.8. The Bertz CT molecular complexity index is 730. The fraction of sp³-hybridized carbons (Fsp3) is 0.421. The van der Waals surface area contributed by atoms with Gasteiger partial charge in [-0.1, -0.05) is 12.1 Å². The number of primary amides is 1. The summed E-state index contributed by atoms with van der Waals surface area (Å²) in [6.07, 6.45) is 2.06. The van der Waals surface area contributed by atoms with Gasteiger partial charge in [-0.15, -0.1) is 0 Å². The molecule has 1 aromatic carbocycles. The minimum absolute atomic E-state index is 0.206. The lowest BCUT2D eigenvalue weighted by Gasteiger charge is -2.45. The molecule has 2 heterocycles. The highest BCUT2D eigenvalue weighted by Crippen LogP contribution is 2.51. The second-order valence-electron chi connectivity index (χ2n) is 7.07. The number of rotatable bonds is 4. The Morgan fingerprint density at radius 2 is 2.04 bits per heavy atom. The summed E-state index contributed by atoms with van der Waals surface area (Å²) in [5.41, 5.74) is 7.24. The van der Waals surface area contributed by atoms with Gasteiger partial charge in [-0.05, 0) is 52.9 Å². The van der Waals surface area contributed by atoms with Crippen molar-refractivity contribution >= 4 is 17.2 Å². The lowest BCUT2D eigenvalue weighted by molar-refractivity contribution is -0.0914. The number of fused-ring (bicyclic) bond motifs is 2. The van der Waals surface area contributed by atoms with Gasteiger partial charge in [-0.3, -0.25) is 9.69 Å². The molecule has 1 aliphatic heterocycles. The van der Waals surface area contributed by atoms with Gasteiger partial charge in [0.2, 0.25) is 5.91 Å². The highest BCUT2D eigenvalue weighted by Gasteiger charge is 2.53. The van der Waals surface area contributed by atoms with E-state index in [1.807, 2.05) is 12.1 Å². The van der Waals surface area contributed by atoms with Crippen molar-refractivity contribution in [2.45, 2.75) is 25.0 Å². The summed E-state index contributed by atoms with van der Waals surface area (Å²) in [5, 5.41) is 15.8. The van der Waals surface area contributed by atoms with Crippen molar-refractivity contribution in [1.82, 2.24) is 4.90 Å². The number of carbonyl (C=O) groups excluding carboxylic acids is 1. The molecule has 3 N–H and O–H groups in total. The van der Waals surface area contributed by atoms with Crippen LogP contribution in [0.25, 0.3) is 0 Å². The number of hydrogen-bond donors (Lipinski definition) is 2. The molecule has 2 atom stereocenters. The van der Waals surface area contributed by atoms with Gasteiger partial charge in [0, 0.05) is 37.0 Å². The number of thiophene rings is 1. The van der Waals surface area contributed by atoms with Crippen LogP contribution >= 0.6 is 11.3 Å². The first-order valence-electron chi connectivity index (χ1n) is 8.43. The monoisotopic (exact) mass is 342 g/mol. The zero-order chi connectivity index (χ0) is 16.7. The Morgan fingerprint density at radius 1 is 1.29 bits per heavy atom. The Kier molecular flexibility index (Phi) is 3.95. The Hall–Kier alpha value is -1.69. The first-order chi connectivity index (χ1) is 11.6. The van der Waals surface area contributed by atoms with Crippen LogP contribution in [-0.2, 0) is 12.1 Å². The van der Waals surface area contributed by atoms with Crippen LogP contribution in [-0.4, -0.2) is 29.0 Å². The third kappa shape index (κ3) is 2.57. The molecule has 24 heavy (non-hydrogen) atoms. The van der Waals surface area contributed by atoms with E-state index in [9.17, 15) is 9.90 Å². The molecule has 2 aliphatic rings. The summed E-state index contributed by atoms with van der Waals surface area (Å²) in [4.78, 5) is 13.9. The van der Waals surface area contributed by atoms with E-state index in [0.29, 0.717) is 5.56 Å². The standard InChI is InChI=1S/C19H22N2O2S/c20-18(22)14-2-1-3-15(8-14)19(23)16-4-5-17(19)11-21(10-16)9-13-6-7-24-12-13/h1-3,6-8,12,16-17,23H,4-5,9-11H2,(H2,20,22). The van der Waals surface area contributed by atoms with E-state index in [1.54, 1.807) is 23.5 Å². The topological polar surface area (TPSA) is 66.6 Å². The molecule has 0 radical (unpaired) electrons. The molecule has 1 saturated carbocycles. The third-order valence-electron chi connectivity index (χ3n) is 5.66. The average Bonchev–Trinajstić information content (AvgIpc) is 3.12. The highest BCUT2D eigenvalue weighted by molar-refractivity contribution is 7.07. The molecule has 0 spiro atoms. The molecular weight excluding hydrogens is 320 g/mol. The van der Waals surface area contributed by atoms with Crippen LogP contribution < -0.4 is 5.73 Å². The second kappa shape index (κ2) is 5.99. The summed E-state index contributed by atoms with van der Waals surface area (Å²) in [6.45, 7) is 2.74. The van der Waals surface area contributed by atoms with Crippen LogP contribution in [0.15, 0.2) is 41.1 Å². The molecular formula is C19H22N2O2S. The summed E-state index contributed by atoms with van der Waals surface area (Å²) >= 11 is 1.73. The van der Waals surface area contributed by atoms with Gasteiger partial charge in [0.1, 0.15) is 0 Å². The van der Waals surface area contributed by atoms with Crippen molar-refractivity contribution in [3.63, 3.8) is 0 Å². The predicted molar refractivity (Wildman–Crippen MR) is 94.7 cm³/mol. The molecule has 2 aromatic rings. The fourth-order valence-electron chi connectivity index (χ4n) is 4.50. The zero-order valence-corrected chi connectivity index (χ0v) is 14.3. The summed E-state index contributed by atoms with van der Waals surface area (Å²) in [7, 11) is 0. The molecule has 4 rings (SSSR count). The summed E-state index contributed by atoms with van der Waals surface area (Å²) in [5.74, 6) is -0.0290. The summed E-state index contributed by atoms with van der Waals surface area (Å²) < 4.78 is 0. The van der Waals surface area contributed by atoms with Crippen molar-refractivity contribution in [3.05, 3.63) is 57.8 Å². The number of amides is 1. The van der Waals surface area contributed by atoms with E-state index in [1.165, 1.54) is 5.56 Å². The number of carbonyl (C=O) groups is 1. The minimum atomic E-state index is -0.837. The van der Waals surface area contributed by atoms with Crippen LogP contribution in [0.1, 0.15) is 34.3 Å². The Morgan fingerprint density at radius 3 is 2.67 bits per heavy atom. The van der Waals surface area contributed by atoms with E-state index in [0.717, 1.165) is 38.0 Å². The van der Waals surface area contributed by atoms with Gasteiger partial charge in [0.05, 0.1) is 5.60 Å². The van der Waals surface area contributed by atoms with E-state index < -0.39 is 11.5 Å². The van der Waals surface area contributed by atoms with Crippen molar-refractivity contribution in [3.8, 4) is 0 Å². The van der Waals surface area contributed by atoms with Gasteiger partial charge >= 0.3 is 0 Å². The molecule has 1 aliphatic carbocycles. The molecule has 1 amide bonds. The minimum Gasteiger partial charge on any atom is -0.384 e. The molecule has 126 valence electrons. The zero-order valence-electron chi connectivity index (χ0n) is 13.5. The normalized spacial score (nSPS) is 29.7. The first-order valence-corrected chi connectivity index (χ1v) is 9.38. The number of hydrogen-bond acceptors (Lipinski definition) is 4. The van der Waals surface area contributed by atoms with Crippen molar-refractivity contribution in [2.24, 2.45) is 17.6 Å². The second-order valence-corrected chi connectivity index (χ2v) is 7.85. The van der Waals surface area contributed by atoms with E-state index >= 15 is 0 Å². The van der Waals surface area contributed by atoms with Crippen molar-refractivity contribution in [2.75, 3.05) is 13.1 Å². The maximum Gasteiger partial charge on any atom is 0.248 e. The molecule has 5 heteroatoms. The highest BCUT2D eigenvalue weighted by atomic mass is 32.1. The maximum atomic E-state index is 11.5. The van der Waals surface area contributed by atoms with Crippen LogP contribution in [0.4, 0.5) is 0 Å². The maximum absolute atomic E-state index is 11.5. The SMILES string of the molecule is NC(=O)c1cccc(C2(O)C3CCC2CN(Cc2ccsc2)C3)c1. The molecule has 4 nitrogen and oxygen atoms in total. The van der Waals surface area contributed by atoms with Gasteiger partial charge < -0.3 is 10.8 Å². The fourth-order valence-corrected chi connectivity index (χ4v) is 5.16. The number of piperidine rings is 1. The number of aliphatic hydroxyl groups is 1. The van der Waals surface area contributed by atoms with Crippen LogP contribution in [0.2, 0.25) is 0 Å². The Labute approximate surface area is 145 Å². The predicted octanol–water partition coefficient (Wildman–Crippen LogP) is 2.58. The molecule has 2 unspecified atom stereocenters. The van der Waals surface area contributed by atoms with Gasteiger partial charge in [0.25, 0.3) is 0 Å². The molecule has 1 aromatic heterocycles. The largest absolute Gasteiger partial charge is 0.384 e. The van der Waals surface area contributed by atoms with Crippen LogP contribution in [0.3, 0.4) is 0 Å². The van der Waals surface area contributed by atoms with Gasteiger partial charge in [0.15, 0.2) is 0 Å². The quantitative estimate of drug-likeness (QED) is 0.897. The van der Waals surface area contributed by atoms with Crippen LogP contribution in [0, 0.1) is 11.8 Å². The lowest BCUT2D eigenvalue weighted by atomic mass is 9.75. The van der Waals surface area contributed by atoms with Crippen molar-refractivity contribution < 1.29 is 9.90 Å². The molecule has 1 saturated heterocycles. The molecule has 2 bridgehead atoms. The average molecular weight is 342 g/mol. The Balaban J connectivity index is 1.59. The van der Waals surface area contributed by atoms with E-state index in [2.05, 4.69) is 21.7 Å². The van der Waals surface area contributed by atoms with Crippen LogP contribution in [0.5, 0.6) is 0 Å². The van der Waals surface area contributed by atoms with Gasteiger partial charge in [-0.2, -0.15) is 11.3 Å². The summed E-state index contributed by atoms with van der Waals surface area (Å²) in [6, 6.07) is 9.42. The number of benzene rings is 1. The van der Waals surface area contributed by atoms with Gasteiger partial charge in [-0.25, -0.2) is 0 Å². The number of nitrogens with zero attached hydrogens (tertiary/aromatic N) is 1.